The van der Waals surface area contributed by atoms with Crippen LogP contribution in [0.15, 0.2) is 42.9 Å². The molecule has 27 heavy (non-hydrogen) atoms. The average molecular weight is 371 g/mol. The van der Waals surface area contributed by atoms with E-state index in [0.717, 1.165) is 0 Å². The van der Waals surface area contributed by atoms with Gasteiger partial charge in [0.2, 0.25) is 0 Å². The maximum Gasteiger partial charge on any atom is 0.338 e. The Labute approximate surface area is 154 Å². The molecule has 0 aliphatic carbocycles. The maximum atomic E-state index is 15.2. The van der Waals surface area contributed by atoms with Gasteiger partial charge < -0.3 is 15.2 Å². The van der Waals surface area contributed by atoms with Gasteiger partial charge in [-0.1, -0.05) is 18.2 Å². The van der Waals surface area contributed by atoms with Gasteiger partial charge in [-0.2, -0.15) is 5.10 Å². The zero-order chi connectivity index (χ0) is 19.0. The van der Waals surface area contributed by atoms with Gasteiger partial charge in [-0.3, -0.25) is 0 Å². The summed E-state index contributed by atoms with van der Waals surface area (Å²) in [6.45, 7) is 1.40. The van der Waals surface area contributed by atoms with Gasteiger partial charge in [0.25, 0.3) is 0 Å². The van der Waals surface area contributed by atoms with Crippen LogP contribution in [0.2, 0.25) is 0 Å². The molecule has 0 spiro atoms. The van der Waals surface area contributed by atoms with Gasteiger partial charge in [-0.05, 0) is 19.1 Å². The van der Waals surface area contributed by atoms with Crippen molar-refractivity contribution in [3.05, 3.63) is 54.1 Å². The van der Waals surface area contributed by atoms with Gasteiger partial charge in [-0.15, -0.1) is 0 Å². The number of esters is 1. The second kappa shape index (κ2) is 6.58. The number of imidazole rings is 1. The standard InChI is InChI=1S/C18H18FN5O3/c1-18(19)7-12(9-26-17(25)11-5-3-2-4-6-11)27-14(18)13-8-21-16-15(20)22-10-23-24(13)16/h2-6,8,10,12,14H,7,9H2,1H3,(H2,20,22,23)/t12-,14-,18+/m0/s1. The lowest BCUT2D eigenvalue weighted by molar-refractivity contribution is -0.0278. The van der Waals surface area contributed by atoms with Crippen molar-refractivity contribution in [3.63, 3.8) is 0 Å². The molecule has 3 atom stereocenters. The minimum atomic E-state index is -1.68. The molecule has 4 rings (SSSR count). The van der Waals surface area contributed by atoms with E-state index in [1.807, 2.05) is 6.07 Å². The number of hydrogen-bond donors (Lipinski definition) is 1. The third-order valence-corrected chi connectivity index (χ3v) is 4.54. The number of halogens is 1. The van der Waals surface area contributed by atoms with Crippen molar-refractivity contribution in [3.8, 4) is 0 Å². The van der Waals surface area contributed by atoms with Crippen molar-refractivity contribution in [1.82, 2.24) is 19.6 Å². The number of aromatic nitrogens is 4. The number of carbonyl (C=O) groups excluding carboxylic acids is 1. The highest BCUT2D eigenvalue weighted by Crippen LogP contribution is 2.44. The number of ether oxygens (including phenoxy) is 2. The van der Waals surface area contributed by atoms with E-state index in [4.69, 9.17) is 15.2 Å². The minimum Gasteiger partial charge on any atom is -0.459 e. The molecule has 1 aliphatic heterocycles. The number of carbonyl (C=O) groups is 1. The van der Waals surface area contributed by atoms with Crippen LogP contribution in [0.3, 0.4) is 0 Å². The van der Waals surface area contributed by atoms with Crippen LogP contribution in [0.1, 0.15) is 35.5 Å². The molecule has 2 aromatic heterocycles. The summed E-state index contributed by atoms with van der Waals surface area (Å²) in [5, 5.41) is 4.08. The molecule has 0 unspecified atom stereocenters. The Balaban J connectivity index is 1.49. The van der Waals surface area contributed by atoms with E-state index in [9.17, 15) is 4.79 Å². The van der Waals surface area contributed by atoms with Crippen LogP contribution in [-0.4, -0.2) is 43.9 Å². The van der Waals surface area contributed by atoms with Crippen molar-refractivity contribution in [2.45, 2.75) is 31.2 Å². The molecule has 1 saturated heterocycles. The van der Waals surface area contributed by atoms with Gasteiger partial charge in [0, 0.05) is 6.42 Å². The lowest BCUT2D eigenvalue weighted by Gasteiger charge is -2.20. The summed E-state index contributed by atoms with van der Waals surface area (Å²) >= 11 is 0. The molecule has 0 bridgehead atoms. The topological polar surface area (TPSA) is 105 Å². The normalized spacial score (nSPS) is 25.0. The number of benzene rings is 1. The number of hydrogen-bond acceptors (Lipinski definition) is 7. The number of fused-ring (bicyclic) bond motifs is 1. The zero-order valence-corrected chi connectivity index (χ0v) is 14.6. The number of alkyl halides is 1. The SMILES string of the molecule is C[C@@]1(F)C[C@@H](COC(=O)c2ccccc2)O[C@H]1c1cnc2c(N)ncnn12. The van der Waals surface area contributed by atoms with E-state index < -0.39 is 23.8 Å². The Kier molecular flexibility index (Phi) is 4.23. The fourth-order valence-corrected chi connectivity index (χ4v) is 3.27. The predicted octanol–water partition coefficient (Wildman–Crippen LogP) is 2.12. The molecular formula is C18H18FN5O3. The molecule has 1 aromatic carbocycles. The van der Waals surface area contributed by atoms with E-state index in [2.05, 4.69) is 15.1 Å². The summed E-state index contributed by atoms with van der Waals surface area (Å²) in [5.41, 5.74) is 5.30. The Bertz CT molecular complexity index is 976. The van der Waals surface area contributed by atoms with Gasteiger partial charge in [0.15, 0.2) is 11.5 Å². The lowest BCUT2D eigenvalue weighted by atomic mass is 9.96. The first-order chi connectivity index (χ1) is 13.0. The monoisotopic (exact) mass is 371 g/mol. The molecule has 3 aromatic rings. The van der Waals surface area contributed by atoms with E-state index in [0.29, 0.717) is 16.9 Å². The minimum absolute atomic E-state index is 0.0441. The fraction of sp³-hybridized carbons (Fsp3) is 0.333. The van der Waals surface area contributed by atoms with E-state index in [1.54, 1.807) is 24.3 Å². The third kappa shape index (κ3) is 3.21. The van der Waals surface area contributed by atoms with Crippen LogP contribution in [0.4, 0.5) is 10.2 Å². The van der Waals surface area contributed by atoms with Crippen LogP contribution in [-0.2, 0) is 9.47 Å². The van der Waals surface area contributed by atoms with E-state index in [-0.39, 0.29) is 18.8 Å². The molecule has 0 saturated carbocycles. The van der Waals surface area contributed by atoms with Gasteiger partial charge in [-0.25, -0.2) is 23.7 Å². The van der Waals surface area contributed by atoms with Gasteiger partial charge >= 0.3 is 5.97 Å². The van der Waals surface area contributed by atoms with Gasteiger partial charge in [0.1, 0.15) is 24.7 Å². The number of nitrogen functional groups attached to an aromatic ring is 1. The second-order valence-corrected chi connectivity index (χ2v) is 6.65. The molecule has 8 nitrogen and oxygen atoms in total. The van der Waals surface area contributed by atoms with Crippen molar-refractivity contribution in [1.29, 1.82) is 0 Å². The quantitative estimate of drug-likeness (QED) is 0.700. The predicted molar refractivity (Wildman–Crippen MR) is 93.7 cm³/mol. The second-order valence-electron chi connectivity index (χ2n) is 6.65. The van der Waals surface area contributed by atoms with Crippen molar-refractivity contribution in [2.24, 2.45) is 0 Å². The molecule has 0 amide bonds. The van der Waals surface area contributed by atoms with E-state index >= 15 is 4.39 Å². The molecule has 9 heteroatoms. The largest absolute Gasteiger partial charge is 0.459 e. The van der Waals surface area contributed by atoms with Crippen LogP contribution >= 0.6 is 0 Å². The lowest BCUT2D eigenvalue weighted by Crippen LogP contribution is -2.24. The summed E-state index contributed by atoms with van der Waals surface area (Å²) in [6.07, 6.45) is 1.33. The molecular weight excluding hydrogens is 353 g/mol. The molecule has 2 N–H and O–H groups in total. The Morgan fingerprint density at radius 1 is 1.41 bits per heavy atom. The molecule has 3 heterocycles. The highest BCUT2D eigenvalue weighted by Gasteiger charge is 2.48. The highest BCUT2D eigenvalue weighted by molar-refractivity contribution is 5.89. The molecule has 140 valence electrons. The average Bonchev–Trinajstić information content (AvgIpc) is 3.21. The van der Waals surface area contributed by atoms with Crippen molar-refractivity contribution < 1.29 is 18.7 Å². The number of anilines is 1. The van der Waals surface area contributed by atoms with Crippen molar-refractivity contribution >= 4 is 17.4 Å². The Hall–Kier alpha value is -3.07. The fourth-order valence-electron chi connectivity index (χ4n) is 3.27. The first-order valence-electron chi connectivity index (χ1n) is 8.46. The first kappa shape index (κ1) is 17.3. The van der Waals surface area contributed by atoms with E-state index in [1.165, 1.54) is 24.0 Å². The summed E-state index contributed by atoms with van der Waals surface area (Å²) in [7, 11) is 0. The maximum absolute atomic E-state index is 15.2. The number of nitrogens with two attached hydrogens (primary N) is 1. The highest BCUT2D eigenvalue weighted by atomic mass is 19.1. The zero-order valence-electron chi connectivity index (χ0n) is 14.6. The van der Waals surface area contributed by atoms with Gasteiger partial charge in [0.05, 0.1) is 23.6 Å². The summed E-state index contributed by atoms with van der Waals surface area (Å²) < 4.78 is 27.7. The molecule has 1 aliphatic rings. The van der Waals surface area contributed by atoms with Crippen LogP contribution in [0.25, 0.3) is 5.65 Å². The third-order valence-electron chi connectivity index (χ3n) is 4.54. The summed E-state index contributed by atoms with van der Waals surface area (Å²) in [4.78, 5) is 20.1. The molecule has 0 radical (unpaired) electrons. The van der Waals surface area contributed by atoms with Crippen LogP contribution < -0.4 is 5.73 Å². The summed E-state index contributed by atoms with van der Waals surface area (Å²) in [6, 6.07) is 8.61. The summed E-state index contributed by atoms with van der Waals surface area (Å²) in [5.74, 6) is -0.276. The molecule has 1 fully saturated rings. The number of rotatable bonds is 4. The smallest absolute Gasteiger partial charge is 0.338 e. The Morgan fingerprint density at radius 2 is 2.19 bits per heavy atom. The van der Waals surface area contributed by atoms with Crippen molar-refractivity contribution in [2.75, 3.05) is 12.3 Å². The number of nitrogens with zero attached hydrogens (tertiary/aromatic N) is 4. The first-order valence-corrected chi connectivity index (χ1v) is 8.46. The Morgan fingerprint density at radius 3 is 2.96 bits per heavy atom. The van der Waals surface area contributed by atoms with Crippen LogP contribution in [0.5, 0.6) is 0 Å². The van der Waals surface area contributed by atoms with Crippen LogP contribution in [0, 0.1) is 0 Å².